The predicted molar refractivity (Wildman–Crippen MR) is 68.5 cm³/mol. The van der Waals surface area contributed by atoms with Crippen LogP contribution in [0.5, 0.6) is 5.75 Å². The van der Waals surface area contributed by atoms with Crippen molar-refractivity contribution in [1.82, 2.24) is 15.3 Å². The van der Waals surface area contributed by atoms with Crippen LogP contribution in [0.1, 0.15) is 29.3 Å². The van der Waals surface area contributed by atoms with Gasteiger partial charge >= 0.3 is 0 Å². The van der Waals surface area contributed by atoms with Crippen molar-refractivity contribution in [3.05, 3.63) is 40.6 Å². The molecule has 2 heterocycles. The highest BCUT2D eigenvalue weighted by Crippen LogP contribution is 2.23. The first-order valence-electron chi connectivity index (χ1n) is 5.37. The predicted octanol–water partition coefficient (Wildman–Crippen LogP) is 1.91. The molecule has 0 fully saturated rings. The van der Waals surface area contributed by atoms with Crippen LogP contribution in [0.2, 0.25) is 0 Å². The van der Waals surface area contributed by atoms with Crippen molar-refractivity contribution in [3.8, 4) is 5.75 Å². The third-order valence-electron chi connectivity index (χ3n) is 2.39. The van der Waals surface area contributed by atoms with Gasteiger partial charge < -0.3 is 10.4 Å². The second-order valence-electron chi connectivity index (χ2n) is 4.29. The summed E-state index contributed by atoms with van der Waals surface area (Å²) in [6.07, 6.45) is 3.15. The van der Waals surface area contributed by atoms with Crippen molar-refractivity contribution >= 4 is 17.2 Å². The molecule has 0 spiro atoms. The van der Waals surface area contributed by atoms with Gasteiger partial charge in [0, 0.05) is 17.8 Å². The van der Waals surface area contributed by atoms with E-state index in [1.54, 1.807) is 12.3 Å². The molecule has 2 N–H and O–H groups in total. The van der Waals surface area contributed by atoms with E-state index in [2.05, 4.69) is 15.3 Å². The molecule has 2 rings (SSSR count). The van der Waals surface area contributed by atoms with Gasteiger partial charge in [-0.25, -0.2) is 9.97 Å². The number of nitrogens with zero attached hydrogens (tertiary/aromatic N) is 2. The maximum Gasteiger partial charge on any atom is 0.274 e. The van der Waals surface area contributed by atoms with Gasteiger partial charge in [0.1, 0.15) is 10.8 Å². The molecule has 6 heteroatoms. The highest BCUT2D eigenvalue weighted by atomic mass is 32.1. The molecule has 0 saturated carbocycles. The molecule has 5 nitrogen and oxygen atoms in total. The Morgan fingerprint density at radius 3 is 2.78 bits per heavy atom. The standard InChI is InChI=1S/C12H13N3O2S/c1-12(2,11-14-6-7-18-11)15-10(17)9-8(16)4-3-5-13-9/h3-7,16H,1-2H3,(H,15,17). The Kier molecular flexibility index (Phi) is 3.29. The molecule has 1 amide bonds. The van der Waals surface area contributed by atoms with E-state index >= 15 is 0 Å². The fourth-order valence-electron chi connectivity index (χ4n) is 1.50. The lowest BCUT2D eigenvalue weighted by Crippen LogP contribution is -2.41. The van der Waals surface area contributed by atoms with Gasteiger partial charge in [-0.15, -0.1) is 11.3 Å². The zero-order valence-corrected chi connectivity index (χ0v) is 10.9. The average molecular weight is 263 g/mol. The Bertz CT molecular complexity index is 552. The lowest BCUT2D eigenvalue weighted by Gasteiger charge is -2.23. The number of aromatic nitrogens is 2. The number of thiazole rings is 1. The average Bonchev–Trinajstić information content (AvgIpc) is 2.82. The van der Waals surface area contributed by atoms with Gasteiger partial charge in [-0.05, 0) is 26.0 Å². The monoisotopic (exact) mass is 263 g/mol. The summed E-state index contributed by atoms with van der Waals surface area (Å²) in [7, 11) is 0. The Hall–Kier alpha value is -1.95. The fourth-order valence-corrected chi connectivity index (χ4v) is 2.22. The molecule has 18 heavy (non-hydrogen) atoms. The van der Waals surface area contributed by atoms with Gasteiger partial charge in [-0.2, -0.15) is 0 Å². The number of pyridine rings is 1. The van der Waals surface area contributed by atoms with E-state index in [9.17, 15) is 9.90 Å². The topological polar surface area (TPSA) is 75.1 Å². The van der Waals surface area contributed by atoms with Gasteiger partial charge in [0.15, 0.2) is 5.69 Å². The maximum atomic E-state index is 12.0. The second kappa shape index (κ2) is 4.73. The van der Waals surface area contributed by atoms with E-state index in [1.807, 2.05) is 19.2 Å². The van der Waals surface area contributed by atoms with Crippen molar-refractivity contribution < 1.29 is 9.90 Å². The Balaban J connectivity index is 2.20. The molecule has 2 aromatic rings. The van der Waals surface area contributed by atoms with Crippen molar-refractivity contribution in [2.75, 3.05) is 0 Å². The molecular weight excluding hydrogens is 250 g/mol. The van der Waals surface area contributed by atoms with Gasteiger partial charge in [0.25, 0.3) is 5.91 Å². The van der Waals surface area contributed by atoms with Crippen molar-refractivity contribution in [3.63, 3.8) is 0 Å². The fraction of sp³-hybridized carbons (Fsp3) is 0.250. The quantitative estimate of drug-likeness (QED) is 0.887. The summed E-state index contributed by atoms with van der Waals surface area (Å²) in [5.41, 5.74) is -0.586. The third kappa shape index (κ3) is 2.48. The van der Waals surface area contributed by atoms with E-state index in [1.165, 1.54) is 23.6 Å². The van der Waals surface area contributed by atoms with E-state index in [0.29, 0.717) is 0 Å². The van der Waals surface area contributed by atoms with E-state index in [4.69, 9.17) is 0 Å². The van der Waals surface area contributed by atoms with E-state index < -0.39 is 11.4 Å². The summed E-state index contributed by atoms with van der Waals surface area (Å²) in [6.45, 7) is 3.70. The summed E-state index contributed by atoms with van der Waals surface area (Å²) in [5, 5.41) is 15.0. The van der Waals surface area contributed by atoms with Crippen LogP contribution in [0.4, 0.5) is 0 Å². The molecule has 0 aliphatic carbocycles. The minimum Gasteiger partial charge on any atom is -0.505 e. The summed E-state index contributed by atoms with van der Waals surface area (Å²) < 4.78 is 0. The lowest BCUT2D eigenvalue weighted by molar-refractivity contribution is 0.0904. The third-order valence-corrected chi connectivity index (χ3v) is 3.49. The van der Waals surface area contributed by atoms with Crippen molar-refractivity contribution in [1.29, 1.82) is 0 Å². The molecule has 2 aromatic heterocycles. The van der Waals surface area contributed by atoms with Gasteiger partial charge in [0.2, 0.25) is 0 Å². The smallest absolute Gasteiger partial charge is 0.274 e. The first-order chi connectivity index (χ1) is 8.50. The van der Waals surface area contributed by atoms with Crippen LogP contribution >= 0.6 is 11.3 Å². The zero-order chi connectivity index (χ0) is 13.2. The Labute approximate surface area is 109 Å². The zero-order valence-electron chi connectivity index (χ0n) is 10.0. The minimum absolute atomic E-state index is 0.0159. The van der Waals surface area contributed by atoms with Crippen LogP contribution in [-0.4, -0.2) is 21.0 Å². The number of nitrogens with one attached hydrogen (secondary N) is 1. The van der Waals surface area contributed by atoms with Gasteiger partial charge in [-0.3, -0.25) is 4.79 Å². The number of aromatic hydroxyl groups is 1. The van der Waals surface area contributed by atoms with Crippen LogP contribution in [0.3, 0.4) is 0 Å². The number of rotatable bonds is 3. The molecule has 0 saturated heterocycles. The Morgan fingerprint density at radius 1 is 1.39 bits per heavy atom. The van der Waals surface area contributed by atoms with Crippen LogP contribution in [-0.2, 0) is 5.54 Å². The molecule has 0 aromatic carbocycles. The summed E-state index contributed by atoms with van der Waals surface area (Å²) in [5.74, 6) is -0.557. The molecule has 0 aliphatic rings. The first kappa shape index (κ1) is 12.5. The highest BCUT2D eigenvalue weighted by molar-refractivity contribution is 7.09. The number of carbonyl (C=O) groups excluding carboxylic acids is 1. The molecule has 0 atom stereocenters. The number of carbonyl (C=O) groups is 1. The lowest BCUT2D eigenvalue weighted by atomic mass is 10.1. The second-order valence-corrected chi connectivity index (χ2v) is 5.18. The van der Waals surface area contributed by atoms with Crippen molar-refractivity contribution in [2.24, 2.45) is 0 Å². The van der Waals surface area contributed by atoms with Crippen molar-refractivity contribution in [2.45, 2.75) is 19.4 Å². The van der Waals surface area contributed by atoms with Crippen LogP contribution in [0.15, 0.2) is 29.9 Å². The normalized spacial score (nSPS) is 11.2. The van der Waals surface area contributed by atoms with E-state index in [0.717, 1.165) is 5.01 Å². The first-order valence-corrected chi connectivity index (χ1v) is 6.25. The van der Waals surface area contributed by atoms with Crippen LogP contribution in [0, 0.1) is 0 Å². The molecule has 0 bridgehead atoms. The number of amides is 1. The van der Waals surface area contributed by atoms with Gasteiger partial charge in [-0.1, -0.05) is 0 Å². The van der Waals surface area contributed by atoms with Crippen LogP contribution < -0.4 is 5.32 Å². The minimum atomic E-state index is -0.602. The molecule has 94 valence electrons. The molecule has 0 aliphatic heterocycles. The Morgan fingerprint density at radius 2 is 2.17 bits per heavy atom. The van der Waals surface area contributed by atoms with Crippen LogP contribution in [0.25, 0.3) is 0 Å². The summed E-state index contributed by atoms with van der Waals surface area (Å²) >= 11 is 1.46. The van der Waals surface area contributed by atoms with E-state index in [-0.39, 0.29) is 11.4 Å². The maximum absolute atomic E-state index is 12.0. The largest absolute Gasteiger partial charge is 0.505 e. The summed E-state index contributed by atoms with van der Waals surface area (Å²) in [6, 6.07) is 3.00. The SMILES string of the molecule is CC(C)(NC(=O)c1ncccc1O)c1nccs1. The summed E-state index contributed by atoms with van der Waals surface area (Å²) in [4.78, 5) is 20.1. The van der Waals surface area contributed by atoms with Gasteiger partial charge in [0.05, 0.1) is 5.54 Å². The number of hydrogen-bond acceptors (Lipinski definition) is 5. The highest BCUT2D eigenvalue weighted by Gasteiger charge is 2.27. The molecule has 0 radical (unpaired) electrons. The molecular formula is C12H13N3O2S. The number of hydrogen-bond donors (Lipinski definition) is 2. The molecule has 0 unspecified atom stereocenters.